The molecule has 0 fully saturated rings. The maximum atomic E-state index is 7.12. The first-order valence-corrected chi connectivity index (χ1v) is 29.3. The average molecular weight is 684 g/mol. The van der Waals surface area contributed by atoms with Crippen LogP contribution in [0.1, 0.15) is 143 Å². The quantitative estimate of drug-likeness (QED) is 0.0671. The Morgan fingerprint density at radius 2 is 0.697 bits per heavy atom. The molecule has 2 unspecified atom stereocenters. The predicted octanol–water partition coefficient (Wildman–Crippen LogP) is 10.3. The molecule has 0 amide bonds. The number of rotatable bonds is 26. The van der Waals surface area contributed by atoms with E-state index in [2.05, 4.69) is 37.6 Å². The van der Waals surface area contributed by atoms with Gasteiger partial charge in [-0.2, -0.15) is 0 Å². The van der Waals surface area contributed by atoms with Gasteiger partial charge in [0.25, 0.3) is 0 Å². The summed E-state index contributed by atoms with van der Waals surface area (Å²) in [7, 11) is 0. The van der Waals surface area contributed by atoms with E-state index in [1.54, 1.807) is 0 Å². The third-order valence-corrected chi connectivity index (χ3v) is 37.6. The second kappa shape index (κ2) is 23.9. The van der Waals surface area contributed by atoms with Crippen LogP contribution in [0.3, 0.4) is 0 Å². The number of unbranched alkanes of at least 4 members (excludes halogenated alkanes) is 14. The summed E-state index contributed by atoms with van der Waals surface area (Å²) in [6, 6.07) is 0. The van der Waals surface area contributed by atoms with Crippen LogP contribution in [0.4, 0.5) is 0 Å². The summed E-state index contributed by atoms with van der Waals surface area (Å²) in [5, 5.41) is 0. The standard InChI is InChI=1S/2C9H19O.2C4H9.2CH3.O.2Sn/c2*1-2-3-4-5-6-7-8-9-10;2*1-3-4-2;;;;;/h2*2-9H2,1H3;2*1,3-4H2,2H3;2*1H3;;;/q2*-1;;;;;;2*+1. The normalized spacial score (nSPS) is 15.5. The number of hydrogen-bond donors (Lipinski definition) is 0. The second-order valence-electron chi connectivity index (χ2n) is 10.5. The summed E-state index contributed by atoms with van der Waals surface area (Å²) in [5.74, 6) is 0. The van der Waals surface area contributed by atoms with E-state index in [0.717, 1.165) is 13.2 Å². The van der Waals surface area contributed by atoms with Crippen LogP contribution in [0.5, 0.6) is 0 Å². The van der Waals surface area contributed by atoms with Gasteiger partial charge in [0.15, 0.2) is 0 Å². The zero-order valence-electron chi connectivity index (χ0n) is 23.8. The fraction of sp³-hybridized carbons (Fsp3) is 1.00. The molecular weight excluding hydrogens is 622 g/mol. The molecule has 3 nitrogen and oxygen atoms in total. The van der Waals surface area contributed by atoms with E-state index in [9.17, 15) is 0 Å². The van der Waals surface area contributed by atoms with Crippen LogP contribution < -0.4 is 0 Å². The third-order valence-electron chi connectivity index (χ3n) is 6.71. The fourth-order valence-corrected chi connectivity index (χ4v) is 41.4. The summed E-state index contributed by atoms with van der Waals surface area (Å²) in [6.07, 6.45) is 23.7. The van der Waals surface area contributed by atoms with E-state index in [-0.39, 0.29) is 0 Å². The minimum absolute atomic E-state index is 0.914. The Bertz CT molecular complexity index is 375. The summed E-state index contributed by atoms with van der Waals surface area (Å²) in [5.41, 5.74) is 0. The van der Waals surface area contributed by atoms with Crippen molar-refractivity contribution in [3.63, 3.8) is 0 Å². The Labute approximate surface area is 219 Å². The Morgan fingerprint density at radius 1 is 0.394 bits per heavy atom. The molecule has 0 aromatic rings. The number of hydrogen-bond acceptors (Lipinski definition) is 3. The molecule has 200 valence electrons. The zero-order chi connectivity index (χ0) is 24.7. The van der Waals surface area contributed by atoms with Gasteiger partial charge in [0, 0.05) is 0 Å². The minimum atomic E-state index is -3.03. The van der Waals surface area contributed by atoms with Gasteiger partial charge >= 0.3 is 221 Å². The van der Waals surface area contributed by atoms with Crippen molar-refractivity contribution in [1.29, 1.82) is 0 Å². The predicted molar refractivity (Wildman–Crippen MR) is 152 cm³/mol. The average Bonchev–Trinajstić information content (AvgIpc) is 2.80. The Balaban J connectivity index is 4.58. The van der Waals surface area contributed by atoms with Crippen molar-refractivity contribution in [3.8, 4) is 0 Å². The fourth-order valence-electron chi connectivity index (χ4n) is 4.45. The monoisotopic (exact) mass is 686 g/mol. The second-order valence-corrected chi connectivity index (χ2v) is 32.5. The maximum absolute atomic E-state index is 7.12. The summed E-state index contributed by atoms with van der Waals surface area (Å²) < 4.78 is 22.9. The van der Waals surface area contributed by atoms with Gasteiger partial charge in [0.2, 0.25) is 0 Å². The van der Waals surface area contributed by atoms with Gasteiger partial charge in [-0.05, 0) is 0 Å². The summed E-state index contributed by atoms with van der Waals surface area (Å²) >= 11 is -6.06. The zero-order valence-corrected chi connectivity index (χ0v) is 29.5. The first-order valence-electron chi connectivity index (χ1n) is 14.9. The first kappa shape index (κ1) is 34.5. The van der Waals surface area contributed by atoms with Crippen LogP contribution in [0.15, 0.2) is 0 Å². The molecule has 0 saturated heterocycles. The van der Waals surface area contributed by atoms with Crippen molar-refractivity contribution < 1.29 is 7.56 Å². The molecular formula is C28H62O3Sn2. The molecule has 0 N–H and O–H groups in total. The molecule has 5 heteroatoms. The van der Waals surface area contributed by atoms with Crippen molar-refractivity contribution in [1.82, 2.24) is 0 Å². The third kappa shape index (κ3) is 21.3. The van der Waals surface area contributed by atoms with Gasteiger partial charge < -0.3 is 0 Å². The van der Waals surface area contributed by atoms with Crippen molar-refractivity contribution in [2.24, 2.45) is 0 Å². The van der Waals surface area contributed by atoms with E-state index < -0.39 is 38.4 Å². The molecule has 0 saturated carbocycles. The van der Waals surface area contributed by atoms with E-state index in [1.807, 2.05) is 0 Å². The van der Waals surface area contributed by atoms with E-state index in [1.165, 1.54) is 124 Å². The van der Waals surface area contributed by atoms with Crippen LogP contribution in [0.2, 0.25) is 18.8 Å². The molecule has 0 radical (unpaired) electrons. The van der Waals surface area contributed by atoms with E-state index >= 15 is 0 Å². The van der Waals surface area contributed by atoms with Crippen molar-refractivity contribution >= 4 is 38.4 Å². The van der Waals surface area contributed by atoms with Gasteiger partial charge in [-0.1, -0.05) is 0 Å². The van der Waals surface area contributed by atoms with E-state index in [0.29, 0.717) is 0 Å². The molecule has 0 aliphatic carbocycles. The SMILES string of the molecule is CCCCCCCCC[O][Sn]([CH3])([CH2]CCC)[O][Sn]([CH3])([CH2]CCC)[O]CCCCCCCCC. The van der Waals surface area contributed by atoms with E-state index in [4.69, 9.17) is 7.56 Å². The molecule has 0 aliphatic rings. The molecule has 0 rings (SSSR count). The van der Waals surface area contributed by atoms with Crippen molar-refractivity contribution in [3.05, 3.63) is 0 Å². The molecule has 0 aliphatic heterocycles. The summed E-state index contributed by atoms with van der Waals surface area (Å²) in [4.78, 5) is 4.81. The Kier molecular flexibility index (Phi) is 24.9. The van der Waals surface area contributed by atoms with Crippen molar-refractivity contribution in [2.75, 3.05) is 13.2 Å². The molecule has 0 bridgehead atoms. The molecule has 0 aromatic carbocycles. The topological polar surface area (TPSA) is 27.7 Å². The molecule has 0 spiro atoms. The molecule has 0 heterocycles. The molecule has 2 atom stereocenters. The van der Waals surface area contributed by atoms with Gasteiger partial charge in [0.05, 0.1) is 0 Å². The van der Waals surface area contributed by atoms with Crippen molar-refractivity contribution in [2.45, 2.75) is 162 Å². The Morgan fingerprint density at radius 3 is 1.03 bits per heavy atom. The molecule has 33 heavy (non-hydrogen) atoms. The van der Waals surface area contributed by atoms with Gasteiger partial charge in [-0.3, -0.25) is 0 Å². The van der Waals surface area contributed by atoms with Gasteiger partial charge in [-0.15, -0.1) is 0 Å². The first-order chi connectivity index (χ1) is 15.9. The molecule has 0 aromatic heterocycles. The van der Waals surface area contributed by atoms with Crippen LogP contribution in [-0.4, -0.2) is 51.6 Å². The Hall–Kier alpha value is 1.48. The van der Waals surface area contributed by atoms with Crippen LogP contribution in [0.25, 0.3) is 0 Å². The van der Waals surface area contributed by atoms with Gasteiger partial charge in [-0.25, -0.2) is 0 Å². The van der Waals surface area contributed by atoms with Crippen LogP contribution in [-0.2, 0) is 7.56 Å². The van der Waals surface area contributed by atoms with Gasteiger partial charge in [0.1, 0.15) is 0 Å². The van der Waals surface area contributed by atoms with Crippen LogP contribution >= 0.6 is 0 Å². The van der Waals surface area contributed by atoms with Crippen LogP contribution in [0, 0.1) is 0 Å². The summed E-state index contributed by atoms with van der Waals surface area (Å²) in [6.45, 7) is 11.0.